The van der Waals surface area contributed by atoms with Gasteiger partial charge >= 0.3 is 0 Å². The molecule has 1 fully saturated rings. The number of nitrogens with zero attached hydrogens (tertiary/aromatic N) is 1. The highest BCUT2D eigenvalue weighted by atomic mass is 16.5. The first-order chi connectivity index (χ1) is 9.22. The summed E-state index contributed by atoms with van der Waals surface area (Å²) in [5, 5.41) is 3.69. The summed E-state index contributed by atoms with van der Waals surface area (Å²) in [7, 11) is 0. The molecule has 0 aromatic heterocycles. The van der Waals surface area contributed by atoms with Crippen LogP contribution in [0, 0.1) is 0 Å². The van der Waals surface area contributed by atoms with Gasteiger partial charge in [0.2, 0.25) is 0 Å². The molecule has 2 heterocycles. The van der Waals surface area contributed by atoms with Crippen LogP contribution in [0.5, 0.6) is 5.75 Å². The van der Waals surface area contributed by atoms with Gasteiger partial charge in [-0.2, -0.15) is 0 Å². The van der Waals surface area contributed by atoms with Gasteiger partial charge < -0.3 is 10.1 Å². The second kappa shape index (κ2) is 5.51. The van der Waals surface area contributed by atoms with E-state index >= 15 is 0 Å². The van der Waals surface area contributed by atoms with Crippen molar-refractivity contribution in [3.63, 3.8) is 0 Å². The van der Waals surface area contributed by atoms with Crippen LogP contribution in [0.15, 0.2) is 18.2 Å². The Labute approximate surface area is 115 Å². The van der Waals surface area contributed by atoms with Crippen molar-refractivity contribution in [2.24, 2.45) is 0 Å². The lowest BCUT2D eigenvalue weighted by Gasteiger charge is -2.20. The van der Waals surface area contributed by atoms with Gasteiger partial charge in [0.05, 0.1) is 6.61 Å². The van der Waals surface area contributed by atoms with Crippen LogP contribution in [0.2, 0.25) is 0 Å². The maximum atomic E-state index is 5.54. The van der Waals surface area contributed by atoms with Gasteiger partial charge in [0, 0.05) is 31.6 Å². The first-order valence-corrected chi connectivity index (χ1v) is 7.44. The summed E-state index contributed by atoms with van der Waals surface area (Å²) in [5.41, 5.74) is 2.75. The number of nitrogens with one attached hydrogen (secondary N) is 1. The van der Waals surface area contributed by atoms with Crippen molar-refractivity contribution in [1.82, 2.24) is 10.2 Å². The minimum atomic E-state index is 0.645. The quantitative estimate of drug-likeness (QED) is 0.898. The SMILES string of the molecule is CC(C)N1CCC(NCc2ccc3c(c2)CCO3)C1. The number of fused-ring (bicyclic) bond motifs is 1. The first kappa shape index (κ1) is 12.9. The molecular weight excluding hydrogens is 236 g/mol. The molecule has 3 rings (SSSR count). The molecule has 2 aliphatic heterocycles. The average molecular weight is 260 g/mol. The van der Waals surface area contributed by atoms with E-state index in [9.17, 15) is 0 Å². The van der Waals surface area contributed by atoms with Crippen molar-refractivity contribution in [3.05, 3.63) is 29.3 Å². The molecule has 1 aromatic carbocycles. The second-order valence-electron chi connectivity index (χ2n) is 6.00. The van der Waals surface area contributed by atoms with Crippen LogP contribution in [-0.2, 0) is 13.0 Å². The molecule has 19 heavy (non-hydrogen) atoms. The summed E-state index contributed by atoms with van der Waals surface area (Å²) in [5.74, 6) is 1.08. The van der Waals surface area contributed by atoms with Crippen LogP contribution in [0.3, 0.4) is 0 Å². The monoisotopic (exact) mass is 260 g/mol. The summed E-state index contributed by atoms with van der Waals surface area (Å²) in [6.07, 6.45) is 2.33. The molecule has 0 aliphatic carbocycles. The molecule has 3 nitrogen and oxygen atoms in total. The van der Waals surface area contributed by atoms with E-state index in [-0.39, 0.29) is 0 Å². The molecule has 2 aliphatic rings. The fourth-order valence-electron chi connectivity index (χ4n) is 3.04. The number of benzene rings is 1. The predicted octanol–water partition coefficient (Wildman–Crippen LogP) is 2.19. The molecule has 1 saturated heterocycles. The highest BCUT2D eigenvalue weighted by molar-refractivity contribution is 5.39. The molecule has 0 bridgehead atoms. The molecule has 0 spiro atoms. The first-order valence-electron chi connectivity index (χ1n) is 7.44. The van der Waals surface area contributed by atoms with Crippen LogP contribution in [0.4, 0.5) is 0 Å². The van der Waals surface area contributed by atoms with Crippen molar-refractivity contribution in [2.75, 3.05) is 19.7 Å². The normalized spacial score (nSPS) is 22.8. The third kappa shape index (κ3) is 2.93. The van der Waals surface area contributed by atoms with E-state index in [4.69, 9.17) is 4.74 Å². The van der Waals surface area contributed by atoms with E-state index in [0.29, 0.717) is 12.1 Å². The molecule has 104 valence electrons. The Bertz CT molecular complexity index is 444. The number of hydrogen-bond donors (Lipinski definition) is 1. The van der Waals surface area contributed by atoms with Crippen molar-refractivity contribution in [1.29, 1.82) is 0 Å². The molecular formula is C16H24N2O. The minimum Gasteiger partial charge on any atom is -0.493 e. The fourth-order valence-corrected chi connectivity index (χ4v) is 3.04. The third-order valence-electron chi connectivity index (χ3n) is 4.30. The Balaban J connectivity index is 1.53. The van der Waals surface area contributed by atoms with Crippen molar-refractivity contribution in [2.45, 2.75) is 45.3 Å². The maximum Gasteiger partial charge on any atom is 0.122 e. The van der Waals surface area contributed by atoms with Crippen LogP contribution in [0.25, 0.3) is 0 Å². The Kier molecular flexibility index (Phi) is 3.76. The number of hydrogen-bond acceptors (Lipinski definition) is 3. The van der Waals surface area contributed by atoms with E-state index in [1.54, 1.807) is 0 Å². The lowest BCUT2D eigenvalue weighted by Crippen LogP contribution is -2.34. The van der Waals surface area contributed by atoms with Gasteiger partial charge in [-0.05, 0) is 44.0 Å². The zero-order valence-electron chi connectivity index (χ0n) is 12.0. The van der Waals surface area contributed by atoms with E-state index in [1.165, 1.54) is 30.6 Å². The summed E-state index contributed by atoms with van der Waals surface area (Å²) < 4.78 is 5.54. The minimum absolute atomic E-state index is 0.645. The average Bonchev–Trinajstić information content (AvgIpc) is 3.04. The van der Waals surface area contributed by atoms with E-state index in [2.05, 4.69) is 42.3 Å². The van der Waals surface area contributed by atoms with Crippen molar-refractivity contribution >= 4 is 0 Å². The predicted molar refractivity (Wildman–Crippen MR) is 77.6 cm³/mol. The molecule has 1 N–H and O–H groups in total. The lowest BCUT2D eigenvalue weighted by molar-refractivity contribution is 0.268. The number of rotatable bonds is 4. The molecule has 1 unspecified atom stereocenters. The van der Waals surface area contributed by atoms with Gasteiger partial charge in [-0.15, -0.1) is 0 Å². The van der Waals surface area contributed by atoms with Crippen LogP contribution < -0.4 is 10.1 Å². The van der Waals surface area contributed by atoms with E-state index in [0.717, 1.165) is 25.3 Å². The van der Waals surface area contributed by atoms with Gasteiger partial charge in [-0.25, -0.2) is 0 Å². The summed E-state index contributed by atoms with van der Waals surface area (Å²) in [6.45, 7) is 8.80. The van der Waals surface area contributed by atoms with E-state index < -0.39 is 0 Å². The van der Waals surface area contributed by atoms with Gasteiger partial charge in [0.15, 0.2) is 0 Å². The van der Waals surface area contributed by atoms with Crippen LogP contribution in [0.1, 0.15) is 31.4 Å². The third-order valence-corrected chi connectivity index (χ3v) is 4.30. The Morgan fingerprint density at radius 2 is 2.32 bits per heavy atom. The van der Waals surface area contributed by atoms with Crippen molar-refractivity contribution in [3.8, 4) is 5.75 Å². The largest absolute Gasteiger partial charge is 0.493 e. The number of likely N-dealkylation sites (tertiary alicyclic amines) is 1. The van der Waals surface area contributed by atoms with Crippen LogP contribution >= 0.6 is 0 Å². The highest BCUT2D eigenvalue weighted by Gasteiger charge is 2.23. The zero-order valence-corrected chi connectivity index (χ0v) is 12.0. The van der Waals surface area contributed by atoms with E-state index in [1.807, 2.05) is 0 Å². The summed E-state index contributed by atoms with van der Waals surface area (Å²) in [4.78, 5) is 2.55. The standard InChI is InChI=1S/C16H24N2O/c1-12(2)18-7-5-15(11-18)17-10-13-3-4-16-14(9-13)6-8-19-16/h3-4,9,12,15,17H,5-8,10-11H2,1-2H3. The number of ether oxygens (including phenoxy) is 1. The van der Waals surface area contributed by atoms with Crippen molar-refractivity contribution < 1.29 is 4.74 Å². The molecule has 1 atom stereocenters. The Hall–Kier alpha value is -1.06. The topological polar surface area (TPSA) is 24.5 Å². The smallest absolute Gasteiger partial charge is 0.122 e. The molecule has 0 radical (unpaired) electrons. The molecule has 3 heteroatoms. The van der Waals surface area contributed by atoms with Gasteiger partial charge in [0.25, 0.3) is 0 Å². The highest BCUT2D eigenvalue weighted by Crippen LogP contribution is 2.25. The van der Waals surface area contributed by atoms with Gasteiger partial charge in [0.1, 0.15) is 5.75 Å². The van der Waals surface area contributed by atoms with Gasteiger partial charge in [-0.1, -0.05) is 12.1 Å². The second-order valence-corrected chi connectivity index (χ2v) is 6.00. The molecule has 0 saturated carbocycles. The summed E-state index contributed by atoms with van der Waals surface area (Å²) in [6, 6.07) is 7.92. The Morgan fingerprint density at radius 3 is 3.11 bits per heavy atom. The lowest BCUT2D eigenvalue weighted by atomic mass is 10.1. The van der Waals surface area contributed by atoms with Crippen LogP contribution in [-0.4, -0.2) is 36.7 Å². The zero-order chi connectivity index (χ0) is 13.2. The Morgan fingerprint density at radius 1 is 1.42 bits per heavy atom. The molecule has 0 amide bonds. The maximum absolute atomic E-state index is 5.54. The van der Waals surface area contributed by atoms with Gasteiger partial charge in [-0.3, -0.25) is 4.90 Å². The fraction of sp³-hybridized carbons (Fsp3) is 0.625. The summed E-state index contributed by atoms with van der Waals surface area (Å²) >= 11 is 0. The molecule has 1 aromatic rings.